The Labute approximate surface area is 132 Å². The number of hydrogen-bond donors (Lipinski definition) is 0. The van der Waals surface area contributed by atoms with Crippen molar-refractivity contribution in [3.8, 4) is 0 Å². The molecule has 1 aliphatic heterocycles. The fraction of sp³-hybridized carbons (Fsp3) is 0.600. The molecule has 3 rings (SSSR count). The van der Waals surface area contributed by atoms with E-state index in [2.05, 4.69) is 47.7 Å². The van der Waals surface area contributed by atoms with Crippen molar-refractivity contribution in [3.05, 3.63) is 32.9 Å². The minimum Gasteiger partial charge on any atom is -0.347 e. The van der Waals surface area contributed by atoms with E-state index in [9.17, 15) is 0 Å². The van der Waals surface area contributed by atoms with Gasteiger partial charge in [0.25, 0.3) is 0 Å². The largest absolute Gasteiger partial charge is 0.347 e. The number of alkyl halides is 1. The van der Waals surface area contributed by atoms with Gasteiger partial charge in [0.1, 0.15) is 0 Å². The highest BCUT2D eigenvalue weighted by Crippen LogP contribution is 2.46. The molecule has 0 bridgehead atoms. The van der Waals surface area contributed by atoms with E-state index < -0.39 is 5.79 Å². The highest BCUT2D eigenvalue weighted by Gasteiger charge is 2.50. The average Bonchev–Trinajstić information content (AvgIpc) is 2.81. The van der Waals surface area contributed by atoms with Gasteiger partial charge >= 0.3 is 0 Å². The number of ether oxygens (including phenoxy) is 2. The molecule has 1 saturated heterocycles. The van der Waals surface area contributed by atoms with Crippen LogP contribution in [-0.4, -0.2) is 24.4 Å². The zero-order chi connectivity index (χ0) is 13.5. The summed E-state index contributed by atoms with van der Waals surface area (Å²) in [7, 11) is 0. The van der Waals surface area contributed by atoms with Crippen LogP contribution in [-0.2, 0) is 15.9 Å². The van der Waals surface area contributed by atoms with Gasteiger partial charge in [-0.25, -0.2) is 0 Å². The monoisotopic (exact) mass is 392 g/mol. The third kappa shape index (κ3) is 2.67. The van der Waals surface area contributed by atoms with Crippen molar-refractivity contribution >= 4 is 34.2 Å². The highest BCUT2D eigenvalue weighted by molar-refractivity contribution is 14.1. The molecule has 2 aliphatic rings. The van der Waals surface area contributed by atoms with Gasteiger partial charge in [-0.05, 0) is 53.5 Å². The van der Waals surface area contributed by atoms with Crippen molar-refractivity contribution in [1.82, 2.24) is 0 Å². The molecule has 0 radical (unpaired) electrons. The molecule has 0 atom stereocenters. The van der Waals surface area contributed by atoms with Gasteiger partial charge in [-0.3, -0.25) is 0 Å². The lowest BCUT2D eigenvalue weighted by Crippen LogP contribution is -2.48. The Morgan fingerprint density at radius 2 is 2.00 bits per heavy atom. The molecule has 0 N–H and O–H groups in total. The smallest absolute Gasteiger partial charge is 0.175 e. The van der Waals surface area contributed by atoms with Crippen molar-refractivity contribution in [2.45, 2.75) is 37.4 Å². The van der Waals surface area contributed by atoms with E-state index in [-0.39, 0.29) is 0 Å². The molecule has 2 nitrogen and oxygen atoms in total. The summed E-state index contributed by atoms with van der Waals surface area (Å²) in [6.45, 7) is 3.55. The maximum absolute atomic E-state index is 6.13. The van der Waals surface area contributed by atoms with Crippen LogP contribution in [0, 0.1) is 16.4 Å². The molecule has 4 heteroatoms. The predicted molar refractivity (Wildman–Crippen MR) is 84.6 cm³/mol. The third-order valence-corrected chi connectivity index (χ3v) is 6.09. The van der Waals surface area contributed by atoms with Gasteiger partial charge in [-0.1, -0.05) is 18.2 Å². The first-order valence-electron chi connectivity index (χ1n) is 6.77. The predicted octanol–water partition coefficient (Wildman–Crippen LogP) is 3.90. The summed E-state index contributed by atoms with van der Waals surface area (Å²) in [6.07, 6.45) is 2.84. The van der Waals surface area contributed by atoms with E-state index in [1.165, 1.54) is 14.7 Å². The zero-order valence-electron chi connectivity index (χ0n) is 11.0. The van der Waals surface area contributed by atoms with Crippen LogP contribution in [0.25, 0.3) is 0 Å². The lowest BCUT2D eigenvalue weighted by molar-refractivity contribution is -0.210. The summed E-state index contributed by atoms with van der Waals surface area (Å²) in [5.41, 5.74) is 2.63. The first kappa shape index (κ1) is 14.1. The quantitative estimate of drug-likeness (QED) is 0.574. The lowest BCUT2D eigenvalue weighted by atomic mass is 9.76. The second kappa shape index (κ2) is 5.51. The van der Waals surface area contributed by atoms with E-state index in [4.69, 9.17) is 21.1 Å². The summed E-state index contributed by atoms with van der Waals surface area (Å²) < 4.78 is 13.3. The molecule has 19 heavy (non-hydrogen) atoms. The second-order valence-electron chi connectivity index (χ2n) is 5.50. The van der Waals surface area contributed by atoms with Crippen molar-refractivity contribution in [2.24, 2.45) is 5.92 Å². The standard InChI is InChI=1S/C15H18ClIO2/c1-10-3-2-4-11(14(10)17)9-15(18-5-6-19-15)12-7-13(16)8-12/h2-4,12-13H,5-9H2,1H3. The molecule has 1 heterocycles. The van der Waals surface area contributed by atoms with Crippen molar-refractivity contribution in [1.29, 1.82) is 0 Å². The maximum atomic E-state index is 6.13. The highest BCUT2D eigenvalue weighted by atomic mass is 127. The number of benzene rings is 1. The molecule has 0 spiro atoms. The first-order valence-corrected chi connectivity index (χ1v) is 8.28. The molecule has 1 aromatic rings. The minimum absolute atomic E-state index is 0.297. The van der Waals surface area contributed by atoms with Crippen LogP contribution in [0.4, 0.5) is 0 Å². The van der Waals surface area contributed by atoms with E-state index >= 15 is 0 Å². The topological polar surface area (TPSA) is 18.5 Å². The fourth-order valence-corrected chi connectivity index (χ4v) is 3.95. The molecule has 1 aliphatic carbocycles. The van der Waals surface area contributed by atoms with E-state index in [1.54, 1.807) is 0 Å². The van der Waals surface area contributed by atoms with Crippen LogP contribution in [0.15, 0.2) is 18.2 Å². The van der Waals surface area contributed by atoms with Crippen molar-refractivity contribution < 1.29 is 9.47 Å². The SMILES string of the molecule is Cc1cccc(CC2(C3CC(Cl)C3)OCCO2)c1I. The minimum atomic E-state index is -0.431. The van der Waals surface area contributed by atoms with Crippen LogP contribution >= 0.6 is 34.2 Å². The first-order chi connectivity index (χ1) is 9.11. The zero-order valence-corrected chi connectivity index (χ0v) is 13.9. The van der Waals surface area contributed by atoms with Gasteiger partial charge in [0.15, 0.2) is 5.79 Å². The molecule has 1 saturated carbocycles. The Balaban J connectivity index is 1.84. The fourth-order valence-electron chi connectivity index (χ4n) is 2.97. The Kier molecular flexibility index (Phi) is 4.09. The van der Waals surface area contributed by atoms with E-state index in [1.807, 2.05) is 0 Å². The molecule has 0 amide bonds. The maximum Gasteiger partial charge on any atom is 0.175 e. The van der Waals surface area contributed by atoms with E-state index in [0.29, 0.717) is 24.5 Å². The second-order valence-corrected chi connectivity index (χ2v) is 7.20. The van der Waals surface area contributed by atoms with Crippen molar-refractivity contribution in [2.75, 3.05) is 13.2 Å². The van der Waals surface area contributed by atoms with Gasteiger partial charge in [-0.2, -0.15) is 0 Å². The van der Waals surface area contributed by atoms with Crippen LogP contribution in [0.2, 0.25) is 0 Å². The number of halogens is 2. The van der Waals surface area contributed by atoms with Gasteiger partial charge in [0.2, 0.25) is 0 Å². The molecular formula is C15H18ClIO2. The third-order valence-electron chi connectivity index (χ3n) is 4.19. The Morgan fingerprint density at radius 3 is 2.63 bits per heavy atom. The van der Waals surface area contributed by atoms with Crippen molar-refractivity contribution in [3.63, 3.8) is 0 Å². The molecule has 0 aromatic heterocycles. The van der Waals surface area contributed by atoms with Crippen LogP contribution in [0.1, 0.15) is 24.0 Å². The molecule has 0 unspecified atom stereocenters. The van der Waals surface area contributed by atoms with Gasteiger partial charge < -0.3 is 9.47 Å². The summed E-state index contributed by atoms with van der Waals surface area (Å²) >= 11 is 8.55. The summed E-state index contributed by atoms with van der Waals surface area (Å²) in [5, 5.41) is 0.297. The Hall–Kier alpha value is 0.160. The van der Waals surface area contributed by atoms with E-state index in [0.717, 1.165) is 19.3 Å². The van der Waals surface area contributed by atoms with Crippen LogP contribution in [0.3, 0.4) is 0 Å². The Bertz CT molecular complexity index is 465. The average molecular weight is 393 g/mol. The summed E-state index contributed by atoms with van der Waals surface area (Å²) in [4.78, 5) is 0. The number of hydrogen-bond acceptors (Lipinski definition) is 2. The molecule has 104 valence electrons. The van der Waals surface area contributed by atoms with Gasteiger partial charge in [0.05, 0.1) is 13.2 Å². The summed E-state index contributed by atoms with van der Waals surface area (Å²) in [5.74, 6) is 0.00727. The summed E-state index contributed by atoms with van der Waals surface area (Å²) in [6, 6.07) is 6.44. The van der Waals surface area contributed by atoms with Gasteiger partial charge in [-0.15, -0.1) is 11.6 Å². The number of aryl methyl sites for hydroxylation is 1. The Morgan fingerprint density at radius 1 is 1.32 bits per heavy atom. The number of rotatable bonds is 3. The lowest BCUT2D eigenvalue weighted by Gasteiger charge is -2.43. The molecule has 2 fully saturated rings. The van der Waals surface area contributed by atoms with Gasteiger partial charge in [0, 0.05) is 21.3 Å². The van der Waals surface area contributed by atoms with Crippen LogP contribution in [0.5, 0.6) is 0 Å². The molecular weight excluding hydrogens is 375 g/mol. The normalized spacial score (nSPS) is 29.2. The molecule has 1 aromatic carbocycles. The van der Waals surface area contributed by atoms with Crippen LogP contribution < -0.4 is 0 Å².